The van der Waals surface area contributed by atoms with Crippen molar-refractivity contribution < 1.29 is 4.79 Å². The van der Waals surface area contributed by atoms with E-state index in [0.29, 0.717) is 34.1 Å². The highest BCUT2D eigenvalue weighted by Crippen LogP contribution is 2.22. The molecule has 0 aromatic heterocycles. The van der Waals surface area contributed by atoms with Gasteiger partial charge >= 0.3 is 0 Å². The van der Waals surface area contributed by atoms with Gasteiger partial charge < -0.3 is 5.73 Å². The third-order valence-electron chi connectivity index (χ3n) is 2.82. The quantitative estimate of drug-likeness (QED) is 0.671. The minimum atomic E-state index is -0.0186. The summed E-state index contributed by atoms with van der Waals surface area (Å²) in [7, 11) is 0. The monoisotopic (exact) mass is 293 g/mol. The van der Waals surface area contributed by atoms with Crippen LogP contribution in [-0.2, 0) is 6.42 Å². The number of nitrogens with two attached hydrogens (primary N) is 1. The Morgan fingerprint density at radius 2 is 1.89 bits per heavy atom. The summed E-state index contributed by atoms with van der Waals surface area (Å²) in [5.74, 6) is -0.0186. The molecule has 0 atom stereocenters. The maximum Gasteiger partial charge on any atom is 0.164 e. The van der Waals surface area contributed by atoms with Gasteiger partial charge in [-0.2, -0.15) is 0 Å². The number of benzene rings is 2. The molecule has 0 aliphatic rings. The molecule has 2 nitrogen and oxygen atoms in total. The van der Waals surface area contributed by atoms with E-state index >= 15 is 0 Å². The van der Waals surface area contributed by atoms with E-state index in [1.165, 1.54) is 0 Å². The van der Waals surface area contributed by atoms with Gasteiger partial charge in [-0.15, -0.1) is 0 Å². The van der Waals surface area contributed by atoms with Crippen molar-refractivity contribution in [2.45, 2.75) is 12.8 Å². The molecule has 0 bridgehead atoms. The summed E-state index contributed by atoms with van der Waals surface area (Å²) in [6, 6.07) is 12.4. The molecule has 0 unspecified atom stereocenters. The number of Topliss-reactive ketones (excluding diaryl/α,β-unsaturated/α-hetero) is 1. The van der Waals surface area contributed by atoms with Crippen molar-refractivity contribution in [3.63, 3.8) is 0 Å². The lowest BCUT2D eigenvalue weighted by Crippen LogP contribution is -2.02. The summed E-state index contributed by atoms with van der Waals surface area (Å²) < 4.78 is 0. The Morgan fingerprint density at radius 3 is 2.63 bits per heavy atom. The molecule has 0 saturated heterocycles. The number of rotatable bonds is 4. The second-order valence-corrected chi connectivity index (χ2v) is 5.14. The summed E-state index contributed by atoms with van der Waals surface area (Å²) in [6.07, 6.45) is 1.01. The van der Waals surface area contributed by atoms with Crippen molar-refractivity contribution in [2.24, 2.45) is 0 Å². The van der Waals surface area contributed by atoms with Crippen molar-refractivity contribution in [3.8, 4) is 0 Å². The standard InChI is InChI=1S/C15H13Cl2NO/c16-11-5-6-14(17)13(9-11)15(19)7-4-10-2-1-3-12(18)8-10/h1-3,5-6,8-9H,4,7,18H2. The highest BCUT2D eigenvalue weighted by Gasteiger charge is 2.11. The van der Waals surface area contributed by atoms with E-state index in [0.717, 1.165) is 5.56 Å². The van der Waals surface area contributed by atoms with Gasteiger partial charge in [0.2, 0.25) is 0 Å². The lowest BCUT2D eigenvalue weighted by molar-refractivity contribution is 0.0983. The van der Waals surface area contributed by atoms with Gasteiger partial charge in [0.15, 0.2) is 5.78 Å². The molecule has 0 radical (unpaired) electrons. The topological polar surface area (TPSA) is 43.1 Å². The number of halogens is 2. The number of aryl methyl sites for hydroxylation is 1. The van der Waals surface area contributed by atoms with Crippen LogP contribution in [0.2, 0.25) is 10.0 Å². The average Bonchev–Trinajstić information content (AvgIpc) is 2.39. The summed E-state index contributed by atoms with van der Waals surface area (Å²) in [4.78, 5) is 12.1. The zero-order valence-corrected chi connectivity index (χ0v) is 11.7. The Hall–Kier alpha value is -1.51. The molecular weight excluding hydrogens is 281 g/mol. The first-order valence-electron chi connectivity index (χ1n) is 5.89. The molecule has 2 aromatic carbocycles. The van der Waals surface area contributed by atoms with E-state index in [2.05, 4.69) is 0 Å². The van der Waals surface area contributed by atoms with E-state index in [4.69, 9.17) is 28.9 Å². The molecular formula is C15H13Cl2NO. The van der Waals surface area contributed by atoms with E-state index in [9.17, 15) is 4.79 Å². The number of carbonyl (C=O) groups is 1. The third-order valence-corrected chi connectivity index (χ3v) is 3.39. The fourth-order valence-electron chi connectivity index (χ4n) is 1.85. The largest absolute Gasteiger partial charge is 0.399 e. The van der Waals surface area contributed by atoms with Gasteiger partial charge in [0.1, 0.15) is 0 Å². The number of ketones is 1. The van der Waals surface area contributed by atoms with Crippen LogP contribution >= 0.6 is 23.2 Å². The Bertz CT molecular complexity index is 611. The first-order valence-corrected chi connectivity index (χ1v) is 6.64. The predicted octanol–water partition coefficient (Wildman–Crippen LogP) is 4.39. The van der Waals surface area contributed by atoms with Crippen LogP contribution in [-0.4, -0.2) is 5.78 Å². The van der Waals surface area contributed by atoms with Gasteiger partial charge in [-0.25, -0.2) is 0 Å². The van der Waals surface area contributed by atoms with Crippen LogP contribution in [0.3, 0.4) is 0 Å². The molecule has 0 heterocycles. The molecule has 4 heteroatoms. The van der Waals surface area contributed by atoms with Crippen LogP contribution < -0.4 is 5.73 Å². The highest BCUT2D eigenvalue weighted by molar-refractivity contribution is 6.35. The van der Waals surface area contributed by atoms with Crippen molar-refractivity contribution in [1.29, 1.82) is 0 Å². The minimum Gasteiger partial charge on any atom is -0.399 e. The molecule has 0 fully saturated rings. The van der Waals surface area contributed by atoms with Crippen molar-refractivity contribution in [3.05, 3.63) is 63.6 Å². The van der Waals surface area contributed by atoms with Gasteiger partial charge in [0, 0.05) is 22.7 Å². The maximum atomic E-state index is 12.1. The first kappa shape index (κ1) is 13.9. The van der Waals surface area contributed by atoms with E-state index in [1.54, 1.807) is 18.2 Å². The van der Waals surface area contributed by atoms with E-state index in [1.807, 2.05) is 24.3 Å². The molecule has 98 valence electrons. The van der Waals surface area contributed by atoms with Gasteiger partial charge in [0.05, 0.1) is 5.02 Å². The SMILES string of the molecule is Nc1cccc(CCC(=O)c2cc(Cl)ccc2Cl)c1. The maximum absolute atomic E-state index is 12.1. The summed E-state index contributed by atoms with van der Waals surface area (Å²) >= 11 is 11.9. The van der Waals surface area contributed by atoms with Crippen LogP contribution in [0.1, 0.15) is 22.3 Å². The van der Waals surface area contributed by atoms with Gasteiger partial charge in [-0.05, 0) is 42.3 Å². The molecule has 19 heavy (non-hydrogen) atoms. The van der Waals surface area contributed by atoms with Crippen LogP contribution in [0, 0.1) is 0 Å². The molecule has 2 N–H and O–H groups in total. The molecule has 0 aliphatic heterocycles. The summed E-state index contributed by atoms with van der Waals surface area (Å²) in [5, 5.41) is 0.943. The average molecular weight is 294 g/mol. The molecule has 0 saturated carbocycles. The van der Waals surface area contributed by atoms with E-state index < -0.39 is 0 Å². The fourth-order valence-corrected chi connectivity index (χ4v) is 2.25. The van der Waals surface area contributed by atoms with Crippen molar-refractivity contribution in [1.82, 2.24) is 0 Å². The predicted molar refractivity (Wildman–Crippen MR) is 80.0 cm³/mol. The van der Waals surface area contributed by atoms with Crippen LogP contribution in [0.5, 0.6) is 0 Å². The van der Waals surface area contributed by atoms with Crippen molar-refractivity contribution in [2.75, 3.05) is 5.73 Å². The lowest BCUT2D eigenvalue weighted by atomic mass is 10.0. The smallest absolute Gasteiger partial charge is 0.164 e. The molecule has 0 aliphatic carbocycles. The Labute approximate surface area is 122 Å². The molecule has 2 aromatic rings. The number of anilines is 1. The lowest BCUT2D eigenvalue weighted by Gasteiger charge is -2.05. The number of hydrogen-bond acceptors (Lipinski definition) is 2. The minimum absolute atomic E-state index is 0.0186. The van der Waals surface area contributed by atoms with Gasteiger partial charge in [-0.1, -0.05) is 35.3 Å². The van der Waals surface area contributed by atoms with E-state index in [-0.39, 0.29) is 5.78 Å². The fraction of sp³-hybridized carbons (Fsp3) is 0.133. The second kappa shape index (κ2) is 6.09. The molecule has 2 rings (SSSR count). The van der Waals surface area contributed by atoms with Crippen LogP contribution in [0.15, 0.2) is 42.5 Å². The van der Waals surface area contributed by atoms with Gasteiger partial charge in [0.25, 0.3) is 0 Å². The molecule has 0 spiro atoms. The zero-order valence-electron chi connectivity index (χ0n) is 10.2. The van der Waals surface area contributed by atoms with Gasteiger partial charge in [-0.3, -0.25) is 4.79 Å². The summed E-state index contributed by atoms with van der Waals surface area (Å²) in [5.41, 5.74) is 7.90. The van der Waals surface area contributed by atoms with Crippen LogP contribution in [0.25, 0.3) is 0 Å². The zero-order chi connectivity index (χ0) is 13.8. The Balaban J connectivity index is 2.07. The Kier molecular flexibility index (Phi) is 4.46. The number of hydrogen-bond donors (Lipinski definition) is 1. The highest BCUT2D eigenvalue weighted by atomic mass is 35.5. The second-order valence-electron chi connectivity index (χ2n) is 4.29. The molecule has 0 amide bonds. The van der Waals surface area contributed by atoms with Crippen LogP contribution in [0.4, 0.5) is 5.69 Å². The number of nitrogen functional groups attached to an aromatic ring is 1. The first-order chi connectivity index (χ1) is 9.06. The third kappa shape index (κ3) is 3.72. The Morgan fingerprint density at radius 1 is 1.11 bits per heavy atom. The van der Waals surface area contributed by atoms with Crippen molar-refractivity contribution >= 4 is 34.7 Å². The number of carbonyl (C=O) groups excluding carboxylic acids is 1. The normalized spacial score (nSPS) is 10.4. The summed E-state index contributed by atoms with van der Waals surface area (Å²) in [6.45, 7) is 0.